The average molecular weight is 374 g/mol. The second kappa shape index (κ2) is 6.74. The molecular formula is C21H22N6O. The van der Waals surface area contributed by atoms with E-state index in [1.54, 1.807) is 12.5 Å². The monoisotopic (exact) mass is 374 g/mol. The smallest absolute Gasteiger partial charge is 0.284 e. The summed E-state index contributed by atoms with van der Waals surface area (Å²) in [5.74, 6) is 1.18. The third-order valence-electron chi connectivity index (χ3n) is 5.61. The number of nitrogens with one attached hydrogen (secondary N) is 1. The zero-order chi connectivity index (χ0) is 19.1. The highest BCUT2D eigenvalue weighted by atomic mass is 16.1. The number of benzene rings is 1. The Labute approximate surface area is 162 Å². The van der Waals surface area contributed by atoms with Crippen molar-refractivity contribution >= 4 is 0 Å². The molecule has 7 heteroatoms. The van der Waals surface area contributed by atoms with Crippen LogP contribution in [0.4, 0.5) is 0 Å². The van der Waals surface area contributed by atoms with Crippen LogP contribution in [-0.2, 0) is 6.42 Å². The number of hydrogen-bond acceptors (Lipinski definition) is 4. The Morgan fingerprint density at radius 2 is 2.00 bits per heavy atom. The van der Waals surface area contributed by atoms with Crippen LogP contribution in [0.5, 0.6) is 0 Å². The number of aromatic nitrogens is 6. The fourth-order valence-electron chi connectivity index (χ4n) is 4.21. The highest BCUT2D eigenvalue weighted by molar-refractivity contribution is 5.70. The fraction of sp³-hybridized carbons (Fsp3) is 0.333. The number of fused-ring (bicyclic) bond motifs is 1. The Hall–Kier alpha value is -3.22. The number of aromatic amines is 1. The second-order valence-electron chi connectivity index (χ2n) is 7.29. The van der Waals surface area contributed by atoms with Crippen molar-refractivity contribution in [1.82, 2.24) is 29.3 Å². The van der Waals surface area contributed by atoms with Crippen molar-refractivity contribution in [2.24, 2.45) is 0 Å². The molecule has 0 unspecified atom stereocenters. The Morgan fingerprint density at radius 1 is 1.18 bits per heavy atom. The van der Waals surface area contributed by atoms with E-state index >= 15 is 0 Å². The number of hydrogen-bond donors (Lipinski definition) is 1. The molecule has 2 aromatic rings. The minimum absolute atomic E-state index is 0.217. The standard InChI is InChI=1S/C21H22N6O/c1-2-16-18-20(27(25-16)14-7-3-4-8-14)23-19(24-21(18)28)15-9-5-6-10-17(15)26-12-11-22-13-26/h5-6,9-14,25H,2-4,7-8H2,1H3. The summed E-state index contributed by atoms with van der Waals surface area (Å²) in [6, 6.07) is 8.19. The molecule has 1 fully saturated rings. The Kier molecular flexibility index (Phi) is 4.07. The highest BCUT2D eigenvalue weighted by Gasteiger charge is 2.28. The summed E-state index contributed by atoms with van der Waals surface area (Å²) in [6.45, 7) is 2.05. The molecule has 2 aliphatic heterocycles. The first-order valence-corrected chi connectivity index (χ1v) is 9.85. The predicted octanol–water partition coefficient (Wildman–Crippen LogP) is 3.60. The lowest BCUT2D eigenvalue weighted by atomic mass is 10.1. The predicted molar refractivity (Wildman–Crippen MR) is 107 cm³/mol. The number of nitrogens with zero attached hydrogens (tertiary/aromatic N) is 5. The molecule has 1 aromatic heterocycles. The Morgan fingerprint density at radius 3 is 2.75 bits per heavy atom. The molecular weight excluding hydrogens is 352 g/mol. The van der Waals surface area contributed by atoms with Crippen LogP contribution in [-0.4, -0.2) is 29.3 Å². The third kappa shape index (κ3) is 2.66. The third-order valence-corrected chi connectivity index (χ3v) is 5.61. The van der Waals surface area contributed by atoms with Gasteiger partial charge in [0.2, 0.25) is 0 Å². The van der Waals surface area contributed by atoms with Gasteiger partial charge in [-0.2, -0.15) is 4.98 Å². The molecule has 0 radical (unpaired) electrons. The van der Waals surface area contributed by atoms with Crippen LogP contribution >= 0.6 is 0 Å². The molecule has 1 N–H and O–H groups in total. The molecule has 3 heterocycles. The van der Waals surface area contributed by atoms with Crippen molar-refractivity contribution in [2.75, 3.05) is 0 Å². The molecule has 0 amide bonds. The quantitative estimate of drug-likeness (QED) is 0.592. The van der Waals surface area contributed by atoms with E-state index in [4.69, 9.17) is 4.98 Å². The van der Waals surface area contributed by atoms with Gasteiger partial charge in [0.15, 0.2) is 11.6 Å². The van der Waals surface area contributed by atoms with Gasteiger partial charge in [0.1, 0.15) is 5.56 Å². The number of aryl methyl sites for hydroxylation is 1. The van der Waals surface area contributed by atoms with Gasteiger partial charge in [0.25, 0.3) is 5.56 Å². The summed E-state index contributed by atoms with van der Waals surface area (Å²) < 4.78 is 4.01. The number of para-hydroxylation sites is 1. The molecule has 1 aliphatic carbocycles. The van der Waals surface area contributed by atoms with Crippen molar-refractivity contribution in [2.45, 2.75) is 45.1 Å². The molecule has 142 valence electrons. The van der Waals surface area contributed by atoms with Crippen LogP contribution in [0.2, 0.25) is 0 Å². The van der Waals surface area contributed by atoms with Crippen molar-refractivity contribution in [1.29, 1.82) is 0 Å². The normalized spacial score (nSPS) is 14.9. The van der Waals surface area contributed by atoms with Crippen molar-refractivity contribution in [3.05, 3.63) is 59.0 Å². The van der Waals surface area contributed by atoms with Crippen molar-refractivity contribution in [3.63, 3.8) is 0 Å². The van der Waals surface area contributed by atoms with E-state index < -0.39 is 0 Å². The molecule has 1 aromatic carbocycles. The summed E-state index contributed by atoms with van der Waals surface area (Å²) in [4.78, 5) is 26.3. The Balaban J connectivity index is 1.73. The largest absolute Gasteiger partial charge is 0.306 e. The van der Waals surface area contributed by atoms with Crippen LogP contribution in [0.25, 0.3) is 28.5 Å². The molecule has 0 bridgehead atoms. The molecule has 5 rings (SSSR count). The molecule has 0 atom stereocenters. The maximum atomic E-state index is 13.0. The molecule has 0 spiro atoms. The van der Waals surface area contributed by atoms with Crippen molar-refractivity contribution in [3.8, 4) is 28.5 Å². The van der Waals surface area contributed by atoms with E-state index in [9.17, 15) is 4.79 Å². The zero-order valence-corrected chi connectivity index (χ0v) is 15.8. The van der Waals surface area contributed by atoms with Crippen molar-refractivity contribution < 1.29 is 0 Å². The minimum atomic E-state index is -0.217. The summed E-state index contributed by atoms with van der Waals surface area (Å²) in [5.41, 5.74) is 3.04. The molecule has 7 nitrogen and oxygen atoms in total. The van der Waals surface area contributed by atoms with E-state index in [1.807, 2.05) is 42.0 Å². The van der Waals surface area contributed by atoms with E-state index in [0.29, 0.717) is 17.4 Å². The average Bonchev–Trinajstić information content (AvgIpc) is 3.47. The van der Waals surface area contributed by atoms with Gasteiger partial charge in [-0.1, -0.05) is 31.9 Å². The number of rotatable bonds is 4. The van der Waals surface area contributed by atoms with Gasteiger partial charge < -0.3 is 4.57 Å². The summed E-state index contributed by atoms with van der Waals surface area (Å²) in [7, 11) is 0. The first-order valence-electron chi connectivity index (χ1n) is 9.85. The molecule has 1 saturated carbocycles. The zero-order valence-electron chi connectivity index (χ0n) is 15.8. The second-order valence-corrected chi connectivity index (χ2v) is 7.29. The summed E-state index contributed by atoms with van der Waals surface area (Å²) in [6.07, 6.45) is 10.7. The van der Waals surface area contributed by atoms with Gasteiger partial charge in [-0.15, -0.1) is 0 Å². The summed E-state index contributed by atoms with van der Waals surface area (Å²) in [5, 5.41) is 3.44. The first-order chi connectivity index (χ1) is 13.8. The fourth-order valence-corrected chi connectivity index (χ4v) is 4.21. The molecule has 0 saturated heterocycles. The van der Waals surface area contributed by atoms with Gasteiger partial charge in [-0.25, -0.2) is 9.97 Å². The van der Waals surface area contributed by atoms with Gasteiger partial charge in [-0.05, 0) is 31.4 Å². The van der Waals surface area contributed by atoms with Crippen LogP contribution in [0, 0.1) is 0 Å². The van der Waals surface area contributed by atoms with E-state index in [1.165, 1.54) is 12.8 Å². The SMILES string of the molecule is CCc1[nH]n(C2CCCC2)c2nc(-c3ccccc3-n3ccnc3)nc(=O)c1-2. The Bertz CT molecular complexity index is 1130. The topological polar surface area (TPSA) is 81.4 Å². The van der Waals surface area contributed by atoms with Crippen LogP contribution in [0.3, 0.4) is 0 Å². The van der Waals surface area contributed by atoms with Gasteiger partial charge in [-0.3, -0.25) is 14.6 Å². The summed E-state index contributed by atoms with van der Waals surface area (Å²) >= 11 is 0. The lowest BCUT2D eigenvalue weighted by Crippen LogP contribution is -2.17. The van der Waals surface area contributed by atoms with E-state index in [2.05, 4.69) is 19.7 Å². The number of H-pyrrole nitrogens is 1. The first kappa shape index (κ1) is 16.9. The molecule has 3 aliphatic rings. The lowest BCUT2D eigenvalue weighted by molar-refractivity contribution is 0.464. The minimum Gasteiger partial charge on any atom is -0.306 e. The maximum absolute atomic E-state index is 13.0. The highest BCUT2D eigenvalue weighted by Crippen LogP contribution is 2.34. The van der Waals surface area contributed by atoms with E-state index in [0.717, 1.165) is 42.0 Å². The van der Waals surface area contributed by atoms with Crippen LogP contribution in [0.15, 0.2) is 47.8 Å². The van der Waals surface area contributed by atoms with Crippen LogP contribution < -0.4 is 5.56 Å². The van der Waals surface area contributed by atoms with Gasteiger partial charge >= 0.3 is 0 Å². The number of imidazole rings is 1. The molecule has 28 heavy (non-hydrogen) atoms. The van der Waals surface area contributed by atoms with Crippen LogP contribution in [0.1, 0.15) is 44.3 Å². The lowest BCUT2D eigenvalue weighted by Gasteiger charge is -2.14. The van der Waals surface area contributed by atoms with Gasteiger partial charge in [0, 0.05) is 23.7 Å². The van der Waals surface area contributed by atoms with Gasteiger partial charge in [0.05, 0.1) is 18.1 Å². The van der Waals surface area contributed by atoms with E-state index in [-0.39, 0.29) is 5.56 Å². The maximum Gasteiger partial charge on any atom is 0.284 e.